The lowest BCUT2D eigenvalue weighted by Gasteiger charge is -2.14. The summed E-state index contributed by atoms with van der Waals surface area (Å²) in [6.07, 6.45) is -3.90. The molecule has 1 aliphatic carbocycles. The minimum atomic E-state index is -4.40. The highest BCUT2D eigenvalue weighted by Gasteiger charge is 2.44. The van der Waals surface area contributed by atoms with E-state index in [1.54, 1.807) is 6.07 Å². The zero-order chi connectivity index (χ0) is 14.2. The number of amides is 2. The van der Waals surface area contributed by atoms with Crippen LogP contribution in [0.5, 0.6) is 0 Å². The molecule has 0 radical (unpaired) electrons. The first kappa shape index (κ1) is 13.7. The Bertz CT molecular complexity index is 490. The molecule has 2 rings (SSSR count). The molecule has 2 amide bonds. The number of benzene rings is 1. The van der Waals surface area contributed by atoms with Crippen LogP contribution in [0.1, 0.15) is 23.5 Å². The van der Waals surface area contributed by atoms with E-state index >= 15 is 0 Å². The molecular weight excluding hydrogens is 261 g/mol. The lowest BCUT2D eigenvalue weighted by molar-refractivity contribution is -0.138. The van der Waals surface area contributed by atoms with E-state index in [2.05, 4.69) is 0 Å². The molecule has 0 heterocycles. The summed E-state index contributed by atoms with van der Waals surface area (Å²) in [7, 11) is 0. The number of nitrogens with zero attached hydrogens (tertiary/aromatic N) is 1. The number of hydroxylamine groups is 2. The van der Waals surface area contributed by atoms with Crippen LogP contribution in [0.25, 0.3) is 0 Å². The molecule has 1 aromatic carbocycles. The van der Waals surface area contributed by atoms with Gasteiger partial charge in [0.15, 0.2) is 0 Å². The molecule has 1 fully saturated rings. The van der Waals surface area contributed by atoms with Crippen LogP contribution in [0, 0.1) is 5.92 Å². The second-order valence-electron chi connectivity index (χ2n) is 4.61. The highest BCUT2D eigenvalue weighted by Crippen LogP contribution is 2.51. The highest BCUT2D eigenvalue weighted by atomic mass is 19.4. The molecule has 7 heteroatoms. The summed E-state index contributed by atoms with van der Waals surface area (Å²) in [5, 5.41) is 9.50. The van der Waals surface area contributed by atoms with Gasteiger partial charge in [-0.25, -0.2) is 9.86 Å². The number of hydrogen-bond acceptors (Lipinski definition) is 2. The third-order valence-corrected chi connectivity index (χ3v) is 3.25. The molecule has 2 unspecified atom stereocenters. The summed E-state index contributed by atoms with van der Waals surface area (Å²) in [4.78, 5) is 10.7. The molecule has 4 nitrogen and oxygen atoms in total. The van der Waals surface area contributed by atoms with Gasteiger partial charge in [-0.15, -0.1) is 0 Å². The molecule has 1 saturated carbocycles. The zero-order valence-corrected chi connectivity index (χ0v) is 9.89. The lowest BCUT2D eigenvalue weighted by atomic mass is 10.0. The third kappa shape index (κ3) is 2.98. The van der Waals surface area contributed by atoms with E-state index in [1.807, 2.05) is 0 Å². The molecule has 0 spiro atoms. The Balaban J connectivity index is 2.12. The van der Waals surface area contributed by atoms with Gasteiger partial charge >= 0.3 is 12.2 Å². The van der Waals surface area contributed by atoms with Gasteiger partial charge in [-0.3, -0.25) is 5.21 Å². The monoisotopic (exact) mass is 274 g/mol. The first-order chi connectivity index (χ1) is 8.80. The summed E-state index contributed by atoms with van der Waals surface area (Å²) >= 11 is 0. The minimum absolute atomic E-state index is 0.0494. The van der Waals surface area contributed by atoms with Crippen molar-refractivity contribution < 1.29 is 23.2 Å². The molecule has 0 aromatic heterocycles. The fourth-order valence-corrected chi connectivity index (χ4v) is 2.22. The van der Waals surface area contributed by atoms with Crippen LogP contribution in [0.4, 0.5) is 18.0 Å². The van der Waals surface area contributed by atoms with E-state index in [1.165, 1.54) is 12.1 Å². The number of nitrogens with two attached hydrogens (primary N) is 1. The third-order valence-electron chi connectivity index (χ3n) is 3.25. The van der Waals surface area contributed by atoms with Gasteiger partial charge < -0.3 is 5.73 Å². The summed E-state index contributed by atoms with van der Waals surface area (Å²) in [6, 6.07) is 4.35. The molecule has 1 aromatic rings. The van der Waals surface area contributed by atoms with Gasteiger partial charge in [-0.2, -0.15) is 13.2 Å². The quantitative estimate of drug-likeness (QED) is 0.657. The molecule has 3 N–H and O–H groups in total. The lowest BCUT2D eigenvalue weighted by Crippen LogP contribution is -2.34. The number of carbonyl (C=O) groups excluding carboxylic acids is 1. The second kappa shape index (κ2) is 4.73. The summed E-state index contributed by atoms with van der Waals surface area (Å²) in [5.41, 5.74) is 4.40. The van der Waals surface area contributed by atoms with E-state index in [0.717, 1.165) is 6.07 Å². The van der Waals surface area contributed by atoms with Crippen LogP contribution < -0.4 is 5.73 Å². The Morgan fingerprint density at radius 3 is 2.63 bits per heavy atom. The van der Waals surface area contributed by atoms with E-state index in [9.17, 15) is 18.0 Å². The van der Waals surface area contributed by atoms with E-state index in [0.29, 0.717) is 11.5 Å². The van der Waals surface area contributed by atoms with Gasteiger partial charge in [0.05, 0.1) is 12.1 Å². The number of hydrogen-bond donors (Lipinski definition) is 2. The van der Waals surface area contributed by atoms with Crippen LogP contribution in [-0.4, -0.2) is 22.8 Å². The number of alkyl halides is 3. The normalized spacial score (nSPS) is 22.1. The fraction of sp³-hybridized carbons (Fsp3) is 0.417. The number of halogens is 3. The number of carbonyl (C=O) groups is 1. The van der Waals surface area contributed by atoms with Gasteiger partial charge in [0, 0.05) is 0 Å². The highest BCUT2D eigenvalue weighted by molar-refractivity contribution is 5.70. The molecule has 0 saturated heterocycles. The van der Waals surface area contributed by atoms with Crippen molar-refractivity contribution in [1.29, 1.82) is 0 Å². The Morgan fingerprint density at radius 2 is 2.05 bits per heavy atom. The van der Waals surface area contributed by atoms with Crippen molar-refractivity contribution in [2.75, 3.05) is 6.54 Å². The van der Waals surface area contributed by atoms with Gasteiger partial charge in [-0.1, -0.05) is 18.2 Å². The Kier molecular flexibility index (Phi) is 3.40. The summed E-state index contributed by atoms with van der Waals surface area (Å²) in [5.74, 6) is -0.493. The molecule has 0 bridgehead atoms. The van der Waals surface area contributed by atoms with Gasteiger partial charge in [0.25, 0.3) is 0 Å². The second-order valence-corrected chi connectivity index (χ2v) is 4.61. The van der Waals surface area contributed by atoms with E-state index < -0.39 is 17.8 Å². The Morgan fingerprint density at radius 1 is 1.42 bits per heavy atom. The van der Waals surface area contributed by atoms with Gasteiger partial charge in [0.1, 0.15) is 0 Å². The van der Waals surface area contributed by atoms with Crippen molar-refractivity contribution in [2.24, 2.45) is 11.7 Å². The van der Waals surface area contributed by atoms with Crippen LogP contribution in [0.15, 0.2) is 24.3 Å². The van der Waals surface area contributed by atoms with Gasteiger partial charge in [0.2, 0.25) is 0 Å². The largest absolute Gasteiger partial charge is 0.416 e. The maximum absolute atomic E-state index is 12.8. The maximum atomic E-state index is 12.8. The number of primary amides is 1. The minimum Gasteiger partial charge on any atom is -0.350 e. The van der Waals surface area contributed by atoms with Crippen LogP contribution in [0.3, 0.4) is 0 Å². The van der Waals surface area contributed by atoms with Crippen molar-refractivity contribution >= 4 is 6.03 Å². The predicted octanol–water partition coefficient (Wildman–Crippen LogP) is 2.58. The predicted molar refractivity (Wildman–Crippen MR) is 60.4 cm³/mol. The topological polar surface area (TPSA) is 66.6 Å². The number of urea groups is 1. The zero-order valence-electron chi connectivity index (χ0n) is 9.89. The van der Waals surface area contributed by atoms with Crippen LogP contribution >= 0.6 is 0 Å². The van der Waals surface area contributed by atoms with E-state index in [4.69, 9.17) is 10.9 Å². The summed E-state index contributed by atoms with van der Waals surface area (Å²) < 4.78 is 38.5. The van der Waals surface area contributed by atoms with E-state index in [-0.39, 0.29) is 23.9 Å². The number of rotatable bonds is 3. The average Bonchev–Trinajstić information content (AvgIpc) is 3.07. The maximum Gasteiger partial charge on any atom is 0.416 e. The molecular formula is C12H13F3N2O2. The van der Waals surface area contributed by atoms with Crippen molar-refractivity contribution in [3.05, 3.63) is 35.4 Å². The average molecular weight is 274 g/mol. The first-order valence-corrected chi connectivity index (χ1v) is 5.72. The smallest absolute Gasteiger partial charge is 0.350 e. The van der Waals surface area contributed by atoms with Crippen LogP contribution in [-0.2, 0) is 6.18 Å². The summed E-state index contributed by atoms with van der Waals surface area (Å²) in [6.45, 7) is -0.0494. The SMILES string of the molecule is NC(=O)N(O)CC1CC1c1ccccc1C(F)(F)F. The molecule has 104 valence electrons. The molecule has 0 aliphatic heterocycles. The molecule has 19 heavy (non-hydrogen) atoms. The van der Waals surface area contributed by atoms with Crippen molar-refractivity contribution in [3.63, 3.8) is 0 Å². The Hall–Kier alpha value is -1.76. The molecule has 1 aliphatic rings. The Labute approximate surface area is 107 Å². The van der Waals surface area contributed by atoms with Gasteiger partial charge in [-0.05, 0) is 29.9 Å². The first-order valence-electron chi connectivity index (χ1n) is 5.72. The van der Waals surface area contributed by atoms with Crippen molar-refractivity contribution in [3.8, 4) is 0 Å². The van der Waals surface area contributed by atoms with Crippen LogP contribution in [0.2, 0.25) is 0 Å². The molecule has 2 atom stereocenters. The van der Waals surface area contributed by atoms with Crippen molar-refractivity contribution in [2.45, 2.75) is 18.5 Å². The fourth-order valence-electron chi connectivity index (χ4n) is 2.22. The standard InChI is InChI=1S/C12H13F3N2O2/c13-12(14,15)10-4-2-1-3-8(10)9-5-7(9)6-17(19)11(16)18/h1-4,7,9,19H,5-6H2,(H2,16,18). The van der Waals surface area contributed by atoms with Crippen molar-refractivity contribution in [1.82, 2.24) is 5.06 Å².